The first kappa shape index (κ1) is 14.6. The van der Waals surface area contributed by atoms with E-state index in [0.29, 0.717) is 5.65 Å². The number of carbonyl (C=O) groups excluding carboxylic acids is 1. The van der Waals surface area contributed by atoms with Gasteiger partial charge in [-0.3, -0.25) is 14.0 Å². The Morgan fingerprint density at radius 1 is 1.21 bits per heavy atom. The van der Waals surface area contributed by atoms with Gasteiger partial charge >= 0.3 is 0 Å². The smallest absolute Gasteiger partial charge is 0.270 e. The summed E-state index contributed by atoms with van der Waals surface area (Å²) in [6.45, 7) is 0. The SMILES string of the molecule is CN(C(=O)c1cnc2ccccn2c1=O)C1CCc2ccccc21. The number of pyridine rings is 1. The van der Waals surface area contributed by atoms with Crippen LogP contribution in [-0.4, -0.2) is 27.2 Å². The lowest BCUT2D eigenvalue weighted by atomic mass is 10.1. The fraction of sp³-hybridized carbons (Fsp3) is 0.211. The van der Waals surface area contributed by atoms with Crippen molar-refractivity contribution in [2.24, 2.45) is 0 Å². The Morgan fingerprint density at radius 3 is 2.88 bits per heavy atom. The molecule has 4 rings (SSSR count). The number of nitrogens with zero attached hydrogens (tertiary/aromatic N) is 3. The summed E-state index contributed by atoms with van der Waals surface area (Å²) in [6, 6.07) is 13.5. The van der Waals surface area contributed by atoms with E-state index in [2.05, 4.69) is 17.1 Å². The van der Waals surface area contributed by atoms with E-state index < -0.39 is 0 Å². The first-order valence-corrected chi connectivity index (χ1v) is 7.98. The molecule has 0 saturated heterocycles. The minimum Gasteiger partial charge on any atom is -0.334 e. The largest absolute Gasteiger partial charge is 0.334 e. The third kappa shape index (κ3) is 2.21. The van der Waals surface area contributed by atoms with E-state index in [-0.39, 0.29) is 23.1 Å². The van der Waals surface area contributed by atoms with E-state index >= 15 is 0 Å². The Hall–Kier alpha value is -2.95. The van der Waals surface area contributed by atoms with Crippen molar-refractivity contribution in [2.45, 2.75) is 18.9 Å². The first-order valence-electron chi connectivity index (χ1n) is 7.98. The average molecular weight is 319 g/mol. The zero-order chi connectivity index (χ0) is 16.7. The average Bonchev–Trinajstić information content (AvgIpc) is 3.05. The van der Waals surface area contributed by atoms with Crippen molar-refractivity contribution in [3.63, 3.8) is 0 Å². The Labute approximate surface area is 139 Å². The van der Waals surface area contributed by atoms with Crippen LogP contribution in [0.3, 0.4) is 0 Å². The molecule has 1 aromatic carbocycles. The number of hydrogen-bond donors (Lipinski definition) is 0. The van der Waals surface area contributed by atoms with Crippen molar-refractivity contribution >= 4 is 11.6 Å². The molecule has 1 unspecified atom stereocenters. The van der Waals surface area contributed by atoms with Gasteiger partial charge in [-0.15, -0.1) is 0 Å². The molecular formula is C19H17N3O2. The minimum atomic E-state index is -0.330. The number of rotatable bonds is 2. The van der Waals surface area contributed by atoms with Gasteiger partial charge in [0.15, 0.2) is 0 Å². The van der Waals surface area contributed by atoms with Crippen LogP contribution in [0.5, 0.6) is 0 Å². The second-order valence-corrected chi connectivity index (χ2v) is 6.08. The third-order valence-corrected chi connectivity index (χ3v) is 4.73. The zero-order valence-corrected chi connectivity index (χ0v) is 13.3. The van der Waals surface area contributed by atoms with Crippen LogP contribution in [-0.2, 0) is 6.42 Å². The molecule has 0 radical (unpaired) electrons. The molecule has 5 nitrogen and oxygen atoms in total. The highest BCUT2D eigenvalue weighted by atomic mass is 16.2. The van der Waals surface area contributed by atoms with E-state index in [4.69, 9.17) is 0 Å². The maximum absolute atomic E-state index is 12.9. The van der Waals surface area contributed by atoms with Gasteiger partial charge in [-0.05, 0) is 36.1 Å². The number of aryl methyl sites for hydroxylation is 1. The quantitative estimate of drug-likeness (QED) is 0.729. The molecule has 0 bridgehead atoms. The van der Waals surface area contributed by atoms with Gasteiger partial charge in [-0.1, -0.05) is 30.3 Å². The zero-order valence-electron chi connectivity index (χ0n) is 13.3. The van der Waals surface area contributed by atoms with Crippen LogP contribution >= 0.6 is 0 Å². The maximum atomic E-state index is 12.9. The Morgan fingerprint density at radius 2 is 2.00 bits per heavy atom. The second kappa shape index (κ2) is 5.60. The summed E-state index contributed by atoms with van der Waals surface area (Å²) in [6.07, 6.45) is 4.85. The van der Waals surface area contributed by atoms with Crippen LogP contribution in [0.4, 0.5) is 0 Å². The predicted molar refractivity (Wildman–Crippen MR) is 91.1 cm³/mol. The second-order valence-electron chi connectivity index (χ2n) is 6.08. The van der Waals surface area contributed by atoms with Crippen molar-refractivity contribution in [1.82, 2.24) is 14.3 Å². The Balaban J connectivity index is 1.72. The van der Waals surface area contributed by atoms with Crippen molar-refractivity contribution in [2.75, 3.05) is 7.05 Å². The van der Waals surface area contributed by atoms with Crippen molar-refractivity contribution in [1.29, 1.82) is 0 Å². The molecule has 120 valence electrons. The highest BCUT2D eigenvalue weighted by Crippen LogP contribution is 2.35. The van der Waals surface area contributed by atoms with Crippen molar-refractivity contribution < 1.29 is 4.79 Å². The fourth-order valence-electron chi connectivity index (χ4n) is 3.44. The minimum absolute atomic E-state index is 0.00423. The summed E-state index contributed by atoms with van der Waals surface area (Å²) < 4.78 is 1.41. The number of carbonyl (C=O) groups is 1. The molecule has 2 heterocycles. The third-order valence-electron chi connectivity index (χ3n) is 4.73. The molecule has 24 heavy (non-hydrogen) atoms. The predicted octanol–water partition coefficient (Wildman–Crippen LogP) is 2.45. The molecule has 2 aromatic heterocycles. The lowest BCUT2D eigenvalue weighted by Crippen LogP contribution is -2.35. The van der Waals surface area contributed by atoms with E-state index in [1.54, 1.807) is 30.3 Å². The molecule has 1 atom stereocenters. The normalized spacial score (nSPS) is 16.1. The van der Waals surface area contributed by atoms with Crippen LogP contribution in [0.1, 0.15) is 33.9 Å². The molecule has 3 aromatic rings. The molecule has 1 aliphatic carbocycles. The summed E-state index contributed by atoms with van der Waals surface area (Å²) in [5, 5.41) is 0. The van der Waals surface area contributed by atoms with E-state index in [1.165, 1.54) is 21.7 Å². The maximum Gasteiger partial charge on any atom is 0.270 e. The summed E-state index contributed by atoms with van der Waals surface area (Å²) in [7, 11) is 1.76. The monoisotopic (exact) mass is 319 g/mol. The topological polar surface area (TPSA) is 54.7 Å². The Bertz CT molecular complexity index is 993. The molecule has 0 fully saturated rings. The van der Waals surface area contributed by atoms with Gasteiger partial charge in [0.2, 0.25) is 0 Å². The van der Waals surface area contributed by atoms with Crippen molar-refractivity contribution in [3.05, 3.63) is 81.9 Å². The van der Waals surface area contributed by atoms with E-state index in [0.717, 1.165) is 12.8 Å². The molecule has 1 amide bonds. The first-order chi connectivity index (χ1) is 11.7. The number of benzene rings is 1. The van der Waals surface area contributed by atoms with Crippen LogP contribution in [0.15, 0.2) is 59.7 Å². The van der Waals surface area contributed by atoms with Gasteiger partial charge in [0.25, 0.3) is 11.5 Å². The number of fused-ring (bicyclic) bond motifs is 2. The highest BCUT2D eigenvalue weighted by Gasteiger charge is 2.30. The molecule has 1 aliphatic rings. The van der Waals surface area contributed by atoms with Crippen LogP contribution < -0.4 is 5.56 Å². The summed E-state index contributed by atoms with van der Waals surface area (Å²) >= 11 is 0. The standard InChI is InChI=1S/C19H17N3O2/c1-21(16-10-9-13-6-2-3-7-14(13)16)18(23)15-12-20-17-8-4-5-11-22(17)19(15)24/h2-8,11-12,16H,9-10H2,1H3. The van der Waals surface area contributed by atoms with Gasteiger partial charge in [-0.2, -0.15) is 0 Å². The lowest BCUT2D eigenvalue weighted by molar-refractivity contribution is 0.0728. The van der Waals surface area contributed by atoms with Gasteiger partial charge in [0, 0.05) is 19.4 Å². The number of hydrogen-bond acceptors (Lipinski definition) is 3. The Kier molecular flexibility index (Phi) is 3.41. The summed E-state index contributed by atoms with van der Waals surface area (Å²) in [4.78, 5) is 31.4. The summed E-state index contributed by atoms with van der Waals surface area (Å²) in [5.41, 5.74) is 2.75. The van der Waals surface area contributed by atoms with Crippen LogP contribution in [0.2, 0.25) is 0 Å². The summed E-state index contributed by atoms with van der Waals surface area (Å²) in [5.74, 6) is -0.285. The van der Waals surface area contributed by atoms with Gasteiger partial charge in [0.1, 0.15) is 11.2 Å². The molecule has 0 spiro atoms. The number of aromatic nitrogens is 2. The molecule has 0 aliphatic heterocycles. The molecule has 5 heteroatoms. The molecule has 0 saturated carbocycles. The highest BCUT2D eigenvalue weighted by molar-refractivity contribution is 5.94. The van der Waals surface area contributed by atoms with Crippen molar-refractivity contribution in [3.8, 4) is 0 Å². The van der Waals surface area contributed by atoms with Gasteiger partial charge < -0.3 is 4.90 Å². The van der Waals surface area contributed by atoms with Gasteiger partial charge in [0.05, 0.1) is 6.04 Å². The number of amides is 1. The van der Waals surface area contributed by atoms with Crippen LogP contribution in [0, 0.1) is 0 Å². The lowest BCUT2D eigenvalue weighted by Gasteiger charge is -2.25. The fourth-order valence-corrected chi connectivity index (χ4v) is 3.44. The molecular weight excluding hydrogens is 302 g/mol. The van der Waals surface area contributed by atoms with Crippen LogP contribution in [0.25, 0.3) is 5.65 Å². The van der Waals surface area contributed by atoms with E-state index in [9.17, 15) is 9.59 Å². The molecule has 0 N–H and O–H groups in total. The van der Waals surface area contributed by atoms with E-state index in [1.807, 2.05) is 18.2 Å². The van der Waals surface area contributed by atoms with Gasteiger partial charge in [-0.25, -0.2) is 4.98 Å².